The summed E-state index contributed by atoms with van der Waals surface area (Å²) in [5.74, 6) is -1.87. The molecule has 0 aliphatic heterocycles. The molecule has 0 radical (unpaired) electrons. The van der Waals surface area contributed by atoms with Gasteiger partial charge in [-0.2, -0.15) is 0 Å². The first-order chi connectivity index (χ1) is 9.00. The number of hydrogen-bond donors (Lipinski definition) is 1. The summed E-state index contributed by atoms with van der Waals surface area (Å²) < 4.78 is 21.7. The number of carbonyl (C=O) groups is 2. The van der Waals surface area contributed by atoms with Gasteiger partial charge in [-0.05, 0) is 26.0 Å². The lowest BCUT2D eigenvalue weighted by Crippen LogP contribution is -2.48. The van der Waals surface area contributed by atoms with Crippen molar-refractivity contribution in [1.82, 2.24) is 0 Å². The highest BCUT2D eigenvalue weighted by Gasteiger charge is 2.41. The van der Waals surface area contributed by atoms with E-state index in [1.807, 2.05) is 0 Å². The van der Waals surface area contributed by atoms with E-state index >= 15 is 0 Å². The zero-order valence-corrected chi connectivity index (χ0v) is 12.6. The van der Waals surface area contributed by atoms with Crippen LogP contribution < -0.4 is 4.90 Å². The molecule has 0 atom stereocenters. The van der Waals surface area contributed by atoms with Crippen molar-refractivity contribution in [3.8, 4) is 0 Å². The van der Waals surface area contributed by atoms with Gasteiger partial charge in [0.15, 0.2) is 9.84 Å². The molecular formula is C13H17NO5S. The fourth-order valence-corrected chi connectivity index (χ4v) is 2.07. The van der Waals surface area contributed by atoms with Crippen LogP contribution in [0.4, 0.5) is 5.69 Å². The SMILES string of the molecule is CN(C(=O)C(C)(C)S(C)(=O)=O)c1ccccc1C(=O)O. The van der Waals surface area contributed by atoms with Crippen LogP contribution in [0.2, 0.25) is 0 Å². The predicted octanol–water partition coefficient (Wildman–Crippen LogP) is 1.17. The highest BCUT2D eigenvalue weighted by atomic mass is 32.2. The Morgan fingerprint density at radius 2 is 1.70 bits per heavy atom. The molecular weight excluding hydrogens is 282 g/mol. The van der Waals surface area contributed by atoms with Crippen LogP contribution in [0.1, 0.15) is 24.2 Å². The maximum atomic E-state index is 12.3. The largest absolute Gasteiger partial charge is 0.478 e. The van der Waals surface area contributed by atoms with Gasteiger partial charge in [-0.3, -0.25) is 4.79 Å². The molecule has 0 aliphatic carbocycles. The van der Waals surface area contributed by atoms with Gasteiger partial charge in [0.05, 0.1) is 11.3 Å². The van der Waals surface area contributed by atoms with Crippen LogP contribution in [0.15, 0.2) is 24.3 Å². The maximum absolute atomic E-state index is 12.3. The van der Waals surface area contributed by atoms with Crippen molar-refractivity contribution in [3.63, 3.8) is 0 Å². The molecule has 0 bridgehead atoms. The maximum Gasteiger partial charge on any atom is 0.337 e. The van der Waals surface area contributed by atoms with Crippen molar-refractivity contribution in [2.45, 2.75) is 18.6 Å². The van der Waals surface area contributed by atoms with E-state index in [9.17, 15) is 18.0 Å². The molecule has 1 rings (SSSR count). The van der Waals surface area contributed by atoms with Crippen molar-refractivity contribution in [3.05, 3.63) is 29.8 Å². The van der Waals surface area contributed by atoms with Crippen LogP contribution in [-0.2, 0) is 14.6 Å². The van der Waals surface area contributed by atoms with Gasteiger partial charge in [0.1, 0.15) is 4.75 Å². The molecule has 1 aromatic rings. The Bertz CT molecular complexity index is 648. The van der Waals surface area contributed by atoms with Crippen molar-refractivity contribution >= 4 is 27.4 Å². The molecule has 0 unspecified atom stereocenters. The van der Waals surface area contributed by atoms with E-state index in [0.29, 0.717) is 0 Å². The van der Waals surface area contributed by atoms with Crippen molar-refractivity contribution in [2.24, 2.45) is 0 Å². The van der Waals surface area contributed by atoms with E-state index in [-0.39, 0.29) is 11.3 Å². The summed E-state index contributed by atoms with van der Waals surface area (Å²) in [7, 11) is -2.27. The Balaban J connectivity index is 3.30. The summed E-state index contributed by atoms with van der Waals surface area (Å²) >= 11 is 0. The number of carbonyl (C=O) groups excluding carboxylic acids is 1. The normalized spacial score (nSPS) is 12.0. The summed E-state index contributed by atoms with van der Waals surface area (Å²) in [6.45, 7) is 2.59. The molecule has 110 valence electrons. The van der Waals surface area contributed by atoms with Crippen LogP contribution in [0.25, 0.3) is 0 Å². The van der Waals surface area contributed by atoms with E-state index < -0.39 is 26.5 Å². The topological polar surface area (TPSA) is 91.8 Å². The number of sulfone groups is 1. The van der Waals surface area contributed by atoms with E-state index in [1.165, 1.54) is 39.1 Å². The summed E-state index contributed by atoms with van der Waals surface area (Å²) in [6.07, 6.45) is 0.974. The third-order valence-corrected chi connectivity index (χ3v) is 5.27. The first kappa shape index (κ1) is 16.2. The molecule has 0 spiro atoms. The molecule has 1 aromatic carbocycles. The van der Waals surface area contributed by atoms with Crippen LogP contribution in [0.3, 0.4) is 0 Å². The third-order valence-electron chi connectivity index (χ3n) is 3.24. The lowest BCUT2D eigenvalue weighted by atomic mass is 10.1. The zero-order chi connectivity index (χ0) is 15.7. The van der Waals surface area contributed by atoms with E-state index in [2.05, 4.69) is 0 Å². The van der Waals surface area contributed by atoms with Crippen molar-refractivity contribution < 1.29 is 23.1 Å². The van der Waals surface area contributed by atoms with Gasteiger partial charge in [0.25, 0.3) is 0 Å². The molecule has 1 amide bonds. The highest BCUT2D eigenvalue weighted by molar-refractivity contribution is 7.92. The van der Waals surface area contributed by atoms with Gasteiger partial charge >= 0.3 is 5.97 Å². The monoisotopic (exact) mass is 299 g/mol. The zero-order valence-electron chi connectivity index (χ0n) is 11.7. The standard InChI is InChI=1S/C13H17NO5S/c1-13(2,20(4,18)19)12(17)14(3)10-8-6-5-7-9(10)11(15)16/h5-8H,1-4H3,(H,15,16). The fraction of sp³-hybridized carbons (Fsp3) is 0.385. The minimum Gasteiger partial charge on any atom is -0.478 e. The third kappa shape index (κ3) is 2.82. The molecule has 7 heteroatoms. The second-order valence-corrected chi connectivity index (χ2v) is 7.53. The van der Waals surface area contributed by atoms with Gasteiger partial charge in [-0.1, -0.05) is 12.1 Å². The predicted molar refractivity (Wildman–Crippen MR) is 75.7 cm³/mol. The Hall–Kier alpha value is -1.89. The number of anilines is 1. The number of carboxylic acid groups (broad SMARTS) is 1. The number of hydrogen-bond acceptors (Lipinski definition) is 4. The number of para-hydroxylation sites is 1. The molecule has 0 fully saturated rings. The highest BCUT2D eigenvalue weighted by Crippen LogP contribution is 2.25. The van der Waals surface area contributed by atoms with Crippen molar-refractivity contribution in [2.75, 3.05) is 18.2 Å². The molecule has 0 aliphatic rings. The van der Waals surface area contributed by atoms with Gasteiger partial charge in [-0.25, -0.2) is 13.2 Å². The molecule has 1 N–H and O–H groups in total. The van der Waals surface area contributed by atoms with E-state index in [1.54, 1.807) is 6.07 Å². The van der Waals surface area contributed by atoms with Crippen LogP contribution in [-0.4, -0.2) is 43.5 Å². The number of benzene rings is 1. The molecule has 6 nitrogen and oxygen atoms in total. The van der Waals surface area contributed by atoms with E-state index in [4.69, 9.17) is 5.11 Å². The lowest BCUT2D eigenvalue weighted by molar-refractivity contribution is -0.120. The minimum absolute atomic E-state index is 0.0624. The number of rotatable bonds is 4. The summed E-state index contributed by atoms with van der Waals surface area (Å²) in [4.78, 5) is 24.5. The Morgan fingerprint density at radius 3 is 2.15 bits per heavy atom. The first-order valence-corrected chi connectivity index (χ1v) is 7.69. The summed E-state index contributed by atoms with van der Waals surface area (Å²) in [5.41, 5.74) is 0.0920. The molecule has 0 saturated carbocycles. The Morgan fingerprint density at radius 1 is 1.20 bits per heavy atom. The van der Waals surface area contributed by atoms with E-state index in [0.717, 1.165) is 11.2 Å². The average molecular weight is 299 g/mol. The minimum atomic E-state index is -3.63. The van der Waals surface area contributed by atoms with Crippen LogP contribution >= 0.6 is 0 Å². The summed E-state index contributed by atoms with van der Waals surface area (Å²) in [5, 5.41) is 9.10. The number of nitrogens with zero attached hydrogens (tertiary/aromatic N) is 1. The second kappa shape index (κ2) is 5.24. The van der Waals surface area contributed by atoms with Gasteiger partial charge in [-0.15, -0.1) is 0 Å². The molecule has 0 aromatic heterocycles. The van der Waals surface area contributed by atoms with Crippen molar-refractivity contribution in [1.29, 1.82) is 0 Å². The van der Waals surface area contributed by atoms with Crippen LogP contribution in [0.5, 0.6) is 0 Å². The molecule has 0 heterocycles. The molecule has 20 heavy (non-hydrogen) atoms. The quantitative estimate of drug-likeness (QED) is 0.901. The number of aromatic carboxylic acids is 1. The van der Waals surface area contributed by atoms with Gasteiger partial charge in [0, 0.05) is 13.3 Å². The fourth-order valence-electron chi connectivity index (χ4n) is 1.62. The second-order valence-electron chi connectivity index (χ2n) is 4.97. The number of amides is 1. The Labute approximate surface area is 117 Å². The smallest absolute Gasteiger partial charge is 0.337 e. The average Bonchev–Trinajstić information content (AvgIpc) is 2.35. The summed E-state index contributed by atoms with van der Waals surface area (Å²) in [6, 6.07) is 5.93. The number of carboxylic acids is 1. The Kier molecular flexibility index (Phi) is 4.24. The van der Waals surface area contributed by atoms with Gasteiger partial charge < -0.3 is 10.0 Å². The lowest BCUT2D eigenvalue weighted by Gasteiger charge is -2.28. The first-order valence-electron chi connectivity index (χ1n) is 5.80. The molecule has 0 saturated heterocycles. The van der Waals surface area contributed by atoms with Crippen LogP contribution in [0, 0.1) is 0 Å². The van der Waals surface area contributed by atoms with Gasteiger partial charge in [0.2, 0.25) is 5.91 Å².